The van der Waals surface area contributed by atoms with Gasteiger partial charge in [-0.3, -0.25) is 0 Å². The van der Waals surface area contributed by atoms with Crippen LogP contribution in [0.1, 0.15) is 35.0 Å². The van der Waals surface area contributed by atoms with E-state index in [-0.39, 0.29) is 5.95 Å². The van der Waals surface area contributed by atoms with E-state index in [1.807, 2.05) is 62.8 Å². The predicted octanol–water partition coefficient (Wildman–Crippen LogP) is 6.67. The topological polar surface area (TPSA) is 96.7 Å². The van der Waals surface area contributed by atoms with Gasteiger partial charge in [-0.15, -0.1) is 6.42 Å². The number of anilines is 1. The summed E-state index contributed by atoms with van der Waals surface area (Å²) in [6.07, 6.45) is 11.6. The average Bonchev–Trinajstić information content (AvgIpc) is 3.72. The second-order valence-electron chi connectivity index (χ2n) is 11.2. The third-order valence-corrected chi connectivity index (χ3v) is 8.34. The molecular weight excluding hydrogens is 570 g/mol. The molecule has 0 aliphatic carbocycles. The fourth-order valence-corrected chi connectivity index (χ4v) is 6.10. The minimum atomic E-state index is -1.20. The molecule has 0 bridgehead atoms. The van der Waals surface area contributed by atoms with E-state index in [2.05, 4.69) is 93.3 Å². The van der Waals surface area contributed by atoms with Crippen LogP contribution in [-0.2, 0) is 11.1 Å². The zero-order valence-corrected chi connectivity index (χ0v) is 25.4. The lowest BCUT2D eigenvalue weighted by Gasteiger charge is -2.37. The maximum atomic E-state index is 6.60. The number of hydrogen-bond acceptors (Lipinski definition) is 6. The summed E-state index contributed by atoms with van der Waals surface area (Å²) in [6, 6.07) is 38.8. The Kier molecular flexibility index (Phi) is 7.07. The molecule has 0 amide bonds. The van der Waals surface area contributed by atoms with Crippen molar-refractivity contribution in [1.82, 2.24) is 29.3 Å². The lowest BCUT2D eigenvalue weighted by atomic mass is 9.76. The van der Waals surface area contributed by atoms with Gasteiger partial charge in [0.15, 0.2) is 5.82 Å². The molecule has 0 saturated carbocycles. The van der Waals surface area contributed by atoms with Crippen LogP contribution in [0.3, 0.4) is 0 Å². The number of benzene rings is 4. The normalized spacial score (nSPS) is 12.8. The number of nitrogens with zero attached hydrogens (tertiary/aromatic N) is 6. The van der Waals surface area contributed by atoms with Crippen molar-refractivity contribution in [3.05, 3.63) is 162 Å². The van der Waals surface area contributed by atoms with Gasteiger partial charge >= 0.3 is 0 Å². The average molecular weight is 602 g/mol. The fraction of sp³-hybridized carbons (Fsp3) is 0.105. The summed E-state index contributed by atoms with van der Waals surface area (Å²) in [5.41, 5.74) is 9.42. The Morgan fingerprint density at radius 2 is 1.41 bits per heavy atom. The van der Waals surface area contributed by atoms with Gasteiger partial charge in [-0.1, -0.05) is 96.9 Å². The molecule has 8 heteroatoms. The maximum absolute atomic E-state index is 6.60. The maximum Gasteiger partial charge on any atom is 0.221 e. The van der Waals surface area contributed by atoms with Crippen molar-refractivity contribution in [2.45, 2.75) is 25.0 Å². The first-order chi connectivity index (χ1) is 22.4. The second-order valence-corrected chi connectivity index (χ2v) is 11.2. The molecule has 2 N–H and O–H groups in total. The highest BCUT2D eigenvalue weighted by Gasteiger charge is 2.40. The lowest BCUT2D eigenvalue weighted by Crippen LogP contribution is -2.37. The van der Waals surface area contributed by atoms with Gasteiger partial charge in [0.25, 0.3) is 0 Å². The predicted molar refractivity (Wildman–Crippen MR) is 179 cm³/mol. The van der Waals surface area contributed by atoms with E-state index >= 15 is 0 Å². The highest BCUT2D eigenvalue weighted by molar-refractivity contribution is 5.84. The number of nitrogens with two attached hydrogens (primary N) is 1. The van der Waals surface area contributed by atoms with Crippen LogP contribution in [0.5, 0.6) is 5.75 Å². The minimum absolute atomic E-state index is 0.166. The van der Waals surface area contributed by atoms with E-state index < -0.39 is 11.1 Å². The molecule has 1 unspecified atom stereocenters. The van der Waals surface area contributed by atoms with Crippen LogP contribution >= 0.6 is 0 Å². The number of terminal acetylenes is 1. The Labute approximate surface area is 267 Å². The summed E-state index contributed by atoms with van der Waals surface area (Å²) in [5, 5.41) is 5.65. The Morgan fingerprint density at radius 1 is 0.804 bits per heavy atom. The van der Waals surface area contributed by atoms with Gasteiger partial charge in [-0.2, -0.15) is 10.1 Å². The summed E-state index contributed by atoms with van der Waals surface area (Å²) in [7, 11) is 0. The summed E-state index contributed by atoms with van der Waals surface area (Å²) < 4.78 is 10.5. The molecule has 0 radical (unpaired) electrons. The highest BCUT2D eigenvalue weighted by Crippen LogP contribution is 2.41. The van der Waals surface area contributed by atoms with Gasteiger partial charge in [0.05, 0.1) is 17.5 Å². The first kappa shape index (κ1) is 28.6. The van der Waals surface area contributed by atoms with Gasteiger partial charge in [0.2, 0.25) is 11.5 Å². The third kappa shape index (κ3) is 4.75. The molecule has 7 rings (SSSR count). The van der Waals surface area contributed by atoms with Gasteiger partial charge < -0.3 is 15.0 Å². The van der Waals surface area contributed by atoms with E-state index in [1.165, 1.54) is 0 Å². The Bertz CT molecular complexity index is 2090. The van der Waals surface area contributed by atoms with Crippen LogP contribution < -0.4 is 10.5 Å². The smallest absolute Gasteiger partial charge is 0.221 e. The molecule has 8 nitrogen and oxygen atoms in total. The van der Waals surface area contributed by atoms with Crippen LogP contribution in [-0.4, -0.2) is 29.3 Å². The summed E-state index contributed by atoms with van der Waals surface area (Å²) in [5.74, 6) is 4.16. The highest BCUT2D eigenvalue weighted by atomic mass is 16.5. The number of imidazole rings is 1. The number of fused-ring (bicyclic) bond motifs is 1. The van der Waals surface area contributed by atoms with E-state index in [0.717, 1.165) is 33.3 Å². The fourth-order valence-electron chi connectivity index (χ4n) is 6.10. The molecule has 0 saturated heterocycles. The van der Waals surface area contributed by atoms with E-state index in [1.54, 1.807) is 16.9 Å². The molecule has 0 spiro atoms. The van der Waals surface area contributed by atoms with Crippen molar-refractivity contribution < 1.29 is 4.74 Å². The van der Waals surface area contributed by atoms with Crippen LogP contribution in [0.15, 0.2) is 134 Å². The van der Waals surface area contributed by atoms with Crippen LogP contribution in [0.4, 0.5) is 5.95 Å². The van der Waals surface area contributed by atoms with Crippen molar-refractivity contribution in [2.24, 2.45) is 0 Å². The standard InChI is InChI=1S/C38H31N7O/c1-4-37(3,46-31-20-21-32-27(2)43-45(33(32)24-31)35-22-23-40-36(39)42-35)34-25-44(26-41-34)38(28-14-8-5-9-15-28,29-16-10-6-11-17-29)30-18-12-7-13-19-30/h1,5-26H,2-3H3,(H2,39,40,42). The molecule has 3 aromatic heterocycles. The number of ether oxygens (including phenoxy) is 1. The van der Waals surface area contributed by atoms with Gasteiger partial charge in [-0.25, -0.2) is 14.6 Å². The van der Waals surface area contributed by atoms with Gasteiger partial charge in [0, 0.05) is 29.9 Å². The molecule has 0 fully saturated rings. The molecular formula is C38H31N7O. The number of hydrogen-bond donors (Lipinski definition) is 1. The van der Waals surface area contributed by atoms with Gasteiger partial charge in [-0.05, 0) is 42.7 Å². The number of aryl methyl sites for hydroxylation is 1. The van der Waals surface area contributed by atoms with Crippen molar-refractivity contribution in [3.63, 3.8) is 0 Å². The van der Waals surface area contributed by atoms with E-state index in [9.17, 15) is 0 Å². The SMILES string of the molecule is C#CC(C)(Oc1ccc2c(C)nn(-c3ccnc(N)n3)c2c1)c1cn(C(c2ccccc2)(c2ccccc2)c2ccccc2)cn1. The molecule has 7 aromatic rings. The van der Waals surface area contributed by atoms with Crippen LogP contribution in [0.25, 0.3) is 16.7 Å². The quantitative estimate of drug-likeness (QED) is 0.154. The zero-order chi connectivity index (χ0) is 31.7. The molecule has 0 aliphatic heterocycles. The first-order valence-electron chi connectivity index (χ1n) is 14.9. The molecule has 0 aliphatic rings. The van der Waals surface area contributed by atoms with Crippen molar-refractivity contribution >= 4 is 16.9 Å². The first-order valence-corrected chi connectivity index (χ1v) is 14.9. The van der Waals surface area contributed by atoms with Crippen molar-refractivity contribution in [2.75, 3.05) is 5.73 Å². The zero-order valence-electron chi connectivity index (χ0n) is 25.4. The number of aromatic nitrogens is 6. The van der Waals surface area contributed by atoms with Crippen molar-refractivity contribution in [1.29, 1.82) is 0 Å². The Hall–Kier alpha value is -6.20. The number of rotatable bonds is 8. The molecule has 4 aromatic carbocycles. The Morgan fingerprint density at radius 3 is 1.98 bits per heavy atom. The third-order valence-electron chi connectivity index (χ3n) is 8.34. The molecule has 1 atom stereocenters. The summed E-state index contributed by atoms with van der Waals surface area (Å²) >= 11 is 0. The summed E-state index contributed by atoms with van der Waals surface area (Å²) in [4.78, 5) is 13.3. The summed E-state index contributed by atoms with van der Waals surface area (Å²) in [6.45, 7) is 3.80. The van der Waals surface area contributed by atoms with E-state index in [4.69, 9.17) is 27.0 Å². The number of nitrogen functional groups attached to an aromatic ring is 1. The molecule has 46 heavy (non-hydrogen) atoms. The lowest BCUT2D eigenvalue weighted by molar-refractivity contribution is 0.147. The van der Waals surface area contributed by atoms with Crippen LogP contribution in [0.2, 0.25) is 0 Å². The van der Waals surface area contributed by atoms with Crippen LogP contribution in [0, 0.1) is 19.3 Å². The van der Waals surface area contributed by atoms with Gasteiger partial charge in [0.1, 0.15) is 17.0 Å². The van der Waals surface area contributed by atoms with E-state index in [0.29, 0.717) is 17.3 Å². The van der Waals surface area contributed by atoms with Crippen molar-refractivity contribution in [3.8, 4) is 23.9 Å². The minimum Gasteiger partial charge on any atom is -0.469 e. The Balaban J connectivity index is 1.34. The molecule has 3 heterocycles. The monoisotopic (exact) mass is 601 g/mol. The second kappa shape index (κ2) is 11.4. The largest absolute Gasteiger partial charge is 0.469 e. The molecule has 224 valence electrons.